The molecule has 1 unspecified atom stereocenters. The molecular weight excluding hydrogens is 254 g/mol. The molecule has 1 atom stereocenters. The summed E-state index contributed by atoms with van der Waals surface area (Å²) in [4.78, 5) is 0. The summed E-state index contributed by atoms with van der Waals surface area (Å²) in [6.45, 7) is 0. The van der Waals surface area contributed by atoms with Gasteiger partial charge in [-0.05, 0) is 46.9 Å². The number of thiophene rings is 1. The summed E-state index contributed by atoms with van der Waals surface area (Å²) in [5.41, 5.74) is 1.39. The van der Waals surface area contributed by atoms with Crippen molar-refractivity contribution < 1.29 is 13.9 Å². The zero-order valence-corrected chi connectivity index (χ0v) is 10.6. The summed E-state index contributed by atoms with van der Waals surface area (Å²) in [6, 6.07) is 6.04. The number of rotatable bonds is 5. The Morgan fingerprint density at radius 3 is 2.78 bits per heavy atom. The van der Waals surface area contributed by atoms with E-state index in [1.54, 1.807) is 11.3 Å². The lowest BCUT2D eigenvalue weighted by Gasteiger charge is -2.11. The van der Waals surface area contributed by atoms with Crippen molar-refractivity contribution in [1.29, 1.82) is 0 Å². The highest BCUT2D eigenvalue weighted by molar-refractivity contribution is 7.07. The number of hydrogen-bond acceptors (Lipinski definition) is 2. The molecule has 0 radical (unpaired) electrons. The second-order valence-corrected chi connectivity index (χ2v) is 5.02. The molecule has 96 valence electrons. The maximum Gasteiger partial charge on any atom is 0.162 e. The molecule has 4 heteroatoms. The minimum absolute atomic E-state index is 0.147. The number of hydrogen-bond donors (Lipinski definition) is 1. The van der Waals surface area contributed by atoms with Crippen LogP contribution in [-0.2, 0) is 12.8 Å². The fourth-order valence-corrected chi connectivity index (χ4v) is 2.53. The van der Waals surface area contributed by atoms with E-state index in [4.69, 9.17) is 0 Å². The Hall–Kier alpha value is -1.26. The molecule has 0 fully saturated rings. The molecule has 0 bridgehead atoms. The third-order valence-corrected chi connectivity index (χ3v) is 3.57. The SMILES string of the molecule is OC(CCc1ccsc1)Cc1cccc(F)c1F. The van der Waals surface area contributed by atoms with Crippen LogP contribution in [-0.4, -0.2) is 11.2 Å². The van der Waals surface area contributed by atoms with Gasteiger partial charge in [0.25, 0.3) is 0 Å². The average molecular weight is 268 g/mol. The quantitative estimate of drug-likeness (QED) is 0.879. The molecule has 1 nitrogen and oxygen atoms in total. The van der Waals surface area contributed by atoms with Gasteiger partial charge in [-0.15, -0.1) is 0 Å². The van der Waals surface area contributed by atoms with Crippen LogP contribution in [0.3, 0.4) is 0 Å². The molecule has 1 aromatic heterocycles. The standard InChI is InChI=1S/C14H14F2OS/c15-13-3-1-2-11(14(13)16)8-12(17)5-4-10-6-7-18-9-10/h1-3,6-7,9,12,17H,4-5,8H2. The first-order chi connectivity index (χ1) is 8.66. The zero-order chi connectivity index (χ0) is 13.0. The van der Waals surface area contributed by atoms with Crippen molar-refractivity contribution in [2.45, 2.75) is 25.4 Å². The monoisotopic (exact) mass is 268 g/mol. The molecular formula is C14H14F2OS. The van der Waals surface area contributed by atoms with E-state index in [1.165, 1.54) is 17.7 Å². The largest absolute Gasteiger partial charge is 0.393 e. The van der Waals surface area contributed by atoms with Crippen molar-refractivity contribution in [1.82, 2.24) is 0 Å². The molecule has 1 heterocycles. The molecule has 0 aliphatic rings. The average Bonchev–Trinajstić information content (AvgIpc) is 2.86. The van der Waals surface area contributed by atoms with Gasteiger partial charge in [0.2, 0.25) is 0 Å². The zero-order valence-electron chi connectivity index (χ0n) is 9.77. The Morgan fingerprint density at radius 2 is 2.06 bits per heavy atom. The van der Waals surface area contributed by atoms with Gasteiger partial charge in [0.05, 0.1) is 6.10 Å². The highest BCUT2D eigenvalue weighted by Crippen LogP contribution is 2.16. The molecule has 2 rings (SSSR count). The van der Waals surface area contributed by atoms with Crippen LogP contribution in [0.5, 0.6) is 0 Å². The van der Waals surface area contributed by atoms with E-state index in [-0.39, 0.29) is 12.0 Å². The van der Waals surface area contributed by atoms with Crippen LogP contribution in [0, 0.1) is 11.6 Å². The lowest BCUT2D eigenvalue weighted by molar-refractivity contribution is 0.163. The van der Waals surface area contributed by atoms with E-state index in [2.05, 4.69) is 0 Å². The maximum atomic E-state index is 13.4. The van der Waals surface area contributed by atoms with Crippen molar-refractivity contribution in [3.05, 3.63) is 57.8 Å². The van der Waals surface area contributed by atoms with Crippen LogP contribution in [0.4, 0.5) is 8.78 Å². The van der Waals surface area contributed by atoms with Crippen molar-refractivity contribution in [2.24, 2.45) is 0 Å². The third kappa shape index (κ3) is 3.37. The first kappa shape index (κ1) is 13.2. The number of aliphatic hydroxyl groups excluding tert-OH is 1. The van der Waals surface area contributed by atoms with Crippen LogP contribution in [0.15, 0.2) is 35.0 Å². The first-order valence-electron chi connectivity index (χ1n) is 5.79. The Bertz CT molecular complexity index is 497. The molecule has 0 aliphatic heterocycles. The smallest absolute Gasteiger partial charge is 0.162 e. The Labute approximate surface area is 109 Å². The lowest BCUT2D eigenvalue weighted by atomic mass is 10.0. The topological polar surface area (TPSA) is 20.2 Å². The minimum Gasteiger partial charge on any atom is -0.393 e. The van der Waals surface area contributed by atoms with Gasteiger partial charge in [0.1, 0.15) is 0 Å². The van der Waals surface area contributed by atoms with Gasteiger partial charge in [0, 0.05) is 6.42 Å². The fraction of sp³-hybridized carbons (Fsp3) is 0.286. The number of halogens is 2. The van der Waals surface area contributed by atoms with E-state index >= 15 is 0 Å². The van der Waals surface area contributed by atoms with Crippen LogP contribution in [0.25, 0.3) is 0 Å². The van der Waals surface area contributed by atoms with Gasteiger partial charge in [-0.25, -0.2) is 8.78 Å². The summed E-state index contributed by atoms with van der Waals surface area (Å²) in [6.07, 6.45) is 0.795. The summed E-state index contributed by atoms with van der Waals surface area (Å²) in [5.74, 6) is -1.72. The van der Waals surface area contributed by atoms with E-state index in [0.29, 0.717) is 6.42 Å². The summed E-state index contributed by atoms with van der Waals surface area (Å²) in [5, 5.41) is 13.8. The van der Waals surface area contributed by atoms with Gasteiger partial charge in [-0.2, -0.15) is 11.3 Å². The van der Waals surface area contributed by atoms with E-state index in [1.807, 2.05) is 16.8 Å². The van der Waals surface area contributed by atoms with Crippen molar-refractivity contribution in [3.8, 4) is 0 Å². The van der Waals surface area contributed by atoms with Gasteiger partial charge >= 0.3 is 0 Å². The highest BCUT2D eigenvalue weighted by Gasteiger charge is 2.12. The van der Waals surface area contributed by atoms with Gasteiger partial charge in [-0.3, -0.25) is 0 Å². The molecule has 0 amide bonds. The minimum atomic E-state index is -0.863. The molecule has 0 aliphatic carbocycles. The van der Waals surface area contributed by atoms with Gasteiger partial charge < -0.3 is 5.11 Å². The summed E-state index contributed by atoms with van der Waals surface area (Å²) in [7, 11) is 0. The summed E-state index contributed by atoms with van der Waals surface area (Å²) >= 11 is 1.61. The van der Waals surface area contributed by atoms with Gasteiger partial charge in [0.15, 0.2) is 11.6 Å². The molecule has 1 N–H and O–H groups in total. The second kappa shape index (κ2) is 6.07. The Kier molecular flexibility index (Phi) is 4.44. The molecule has 0 spiro atoms. The van der Waals surface area contributed by atoms with E-state index < -0.39 is 17.7 Å². The third-order valence-electron chi connectivity index (χ3n) is 2.83. The predicted octanol–water partition coefficient (Wildman–Crippen LogP) is 3.56. The molecule has 0 saturated heterocycles. The van der Waals surface area contributed by atoms with Crippen LogP contribution in [0.2, 0.25) is 0 Å². The summed E-state index contributed by atoms with van der Waals surface area (Å²) < 4.78 is 26.4. The van der Waals surface area contributed by atoms with E-state index in [9.17, 15) is 13.9 Å². The van der Waals surface area contributed by atoms with Crippen molar-refractivity contribution in [2.75, 3.05) is 0 Å². The number of aliphatic hydroxyl groups is 1. The highest BCUT2D eigenvalue weighted by atomic mass is 32.1. The number of benzene rings is 1. The van der Waals surface area contributed by atoms with E-state index in [0.717, 1.165) is 12.5 Å². The Morgan fingerprint density at radius 1 is 1.22 bits per heavy atom. The number of aryl methyl sites for hydroxylation is 1. The maximum absolute atomic E-state index is 13.4. The molecule has 0 saturated carbocycles. The van der Waals surface area contributed by atoms with Crippen molar-refractivity contribution in [3.63, 3.8) is 0 Å². The van der Waals surface area contributed by atoms with Crippen LogP contribution in [0.1, 0.15) is 17.5 Å². The normalized spacial score (nSPS) is 12.6. The Balaban J connectivity index is 1.90. The first-order valence-corrected chi connectivity index (χ1v) is 6.73. The van der Waals surface area contributed by atoms with Crippen LogP contribution < -0.4 is 0 Å². The fourth-order valence-electron chi connectivity index (χ4n) is 1.83. The lowest BCUT2D eigenvalue weighted by Crippen LogP contribution is -2.13. The van der Waals surface area contributed by atoms with Crippen LogP contribution >= 0.6 is 11.3 Å². The van der Waals surface area contributed by atoms with Crippen molar-refractivity contribution >= 4 is 11.3 Å². The molecule has 1 aromatic carbocycles. The van der Waals surface area contributed by atoms with Gasteiger partial charge in [-0.1, -0.05) is 12.1 Å². The molecule has 18 heavy (non-hydrogen) atoms. The second-order valence-electron chi connectivity index (χ2n) is 4.24. The molecule has 2 aromatic rings. The predicted molar refractivity (Wildman–Crippen MR) is 68.7 cm³/mol.